The number of benzene rings is 1. The summed E-state index contributed by atoms with van der Waals surface area (Å²) in [6, 6.07) is 6.82. The van der Waals surface area contributed by atoms with Gasteiger partial charge in [0.2, 0.25) is 0 Å². The molecule has 0 radical (unpaired) electrons. The molecule has 104 valence electrons. The molecule has 0 spiro atoms. The van der Waals surface area contributed by atoms with Crippen LogP contribution in [-0.4, -0.2) is 29.7 Å². The largest absolute Gasteiger partial charge is 0.478 e. The maximum Gasteiger partial charge on any atom is 0.336 e. The van der Waals surface area contributed by atoms with Crippen LogP contribution in [0.15, 0.2) is 41.4 Å². The Hall–Kier alpha value is -1.75. The van der Waals surface area contributed by atoms with E-state index >= 15 is 0 Å². The number of sulfonamides is 1. The Morgan fingerprint density at radius 3 is 2.65 bits per heavy atom. The lowest BCUT2D eigenvalue weighted by Gasteiger charge is -2.08. The van der Waals surface area contributed by atoms with Crippen molar-refractivity contribution in [1.29, 1.82) is 0 Å². The van der Waals surface area contributed by atoms with Crippen molar-refractivity contribution in [1.82, 2.24) is 10.2 Å². The molecule has 0 unspecified atom stereocenters. The summed E-state index contributed by atoms with van der Waals surface area (Å²) in [7, 11) is -3.91. The Morgan fingerprint density at radius 2 is 2.05 bits per heavy atom. The highest BCUT2D eigenvalue weighted by Gasteiger charge is 2.18. The van der Waals surface area contributed by atoms with Crippen LogP contribution >= 0.6 is 22.6 Å². The van der Waals surface area contributed by atoms with Gasteiger partial charge in [-0.25, -0.2) is 13.2 Å². The number of carboxylic acid groups (broad SMARTS) is 1. The average molecular weight is 405 g/mol. The second-order valence-corrected chi connectivity index (χ2v) is 6.51. The minimum absolute atomic E-state index is 0.0583. The lowest BCUT2D eigenvalue weighted by Crippen LogP contribution is -2.15. The summed E-state index contributed by atoms with van der Waals surface area (Å²) in [6.45, 7) is 0. The number of hydrogen-bond donors (Lipinski definition) is 2. The highest BCUT2D eigenvalue weighted by atomic mass is 127. The smallest absolute Gasteiger partial charge is 0.336 e. The Morgan fingerprint density at radius 1 is 1.30 bits per heavy atom. The fourth-order valence-corrected chi connectivity index (χ4v) is 2.98. The van der Waals surface area contributed by atoms with Gasteiger partial charge in [-0.05, 0) is 52.9 Å². The highest BCUT2D eigenvalue weighted by Crippen LogP contribution is 2.19. The normalized spacial score (nSPS) is 11.1. The van der Waals surface area contributed by atoms with Crippen LogP contribution in [0.4, 0.5) is 5.82 Å². The quantitative estimate of drug-likeness (QED) is 0.748. The van der Waals surface area contributed by atoms with E-state index in [2.05, 4.69) is 14.9 Å². The molecule has 0 saturated carbocycles. The number of anilines is 1. The molecule has 0 fully saturated rings. The molecule has 0 aliphatic carbocycles. The van der Waals surface area contributed by atoms with Gasteiger partial charge in [0.15, 0.2) is 5.82 Å². The first-order chi connectivity index (χ1) is 9.40. The molecule has 1 aromatic heterocycles. The Labute approximate surface area is 128 Å². The fraction of sp³-hybridized carbons (Fsp3) is 0. The van der Waals surface area contributed by atoms with Crippen molar-refractivity contribution in [3.05, 3.63) is 45.7 Å². The second-order valence-electron chi connectivity index (χ2n) is 3.66. The van der Waals surface area contributed by atoms with Gasteiger partial charge >= 0.3 is 5.97 Å². The van der Waals surface area contributed by atoms with E-state index < -0.39 is 16.0 Å². The molecule has 0 atom stereocenters. The Kier molecular flexibility index (Phi) is 4.18. The third-order valence-corrected chi connectivity index (χ3v) is 4.58. The van der Waals surface area contributed by atoms with Crippen molar-refractivity contribution in [2.24, 2.45) is 0 Å². The first-order valence-corrected chi connectivity index (χ1v) is 7.80. The maximum absolute atomic E-state index is 12.1. The molecule has 0 bridgehead atoms. The van der Waals surface area contributed by atoms with Crippen molar-refractivity contribution in [2.75, 3.05) is 4.72 Å². The minimum atomic E-state index is -3.91. The van der Waals surface area contributed by atoms with Crippen LogP contribution < -0.4 is 4.72 Å². The molecule has 2 aromatic rings. The van der Waals surface area contributed by atoms with E-state index in [1.807, 2.05) is 22.6 Å². The maximum atomic E-state index is 12.1. The first-order valence-electron chi connectivity index (χ1n) is 5.23. The molecule has 1 aromatic carbocycles. The van der Waals surface area contributed by atoms with E-state index in [0.29, 0.717) is 3.57 Å². The molecule has 2 N–H and O–H groups in total. The van der Waals surface area contributed by atoms with Gasteiger partial charge in [-0.2, -0.15) is 5.10 Å². The molecular weight excluding hydrogens is 397 g/mol. The second kappa shape index (κ2) is 5.71. The molecule has 0 aliphatic rings. The summed E-state index contributed by atoms with van der Waals surface area (Å²) in [4.78, 5) is 10.9. The lowest BCUT2D eigenvalue weighted by molar-refractivity contribution is 0.0695. The van der Waals surface area contributed by atoms with Crippen LogP contribution in [-0.2, 0) is 10.0 Å². The summed E-state index contributed by atoms with van der Waals surface area (Å²) >= 11 is 1.83. The van der Waals surface area contributed by atoms with E-state index in [-0.39, 0.29) is 16.3 Å². The summed E-state index contributed by atoms with van der Waals surface area (Å²) in [5.74, 6) is -1.13. The number of aromatic nitrogens is 2. The van der Waals surface area contributed by atoms with Crippen LogP contribution in [0.25, 0.3) is 0 Å². The van der Waals surface area contributed by atoms with Gasteiger partial charge in [-0.15, -0.1) is 5.10 Å². The van der Waals surface area contributed by atoms with E-state index in [1.165, 1.54) is 30.5 Å². The number of halogens is 1. The summed E-state index contributed by atoms with van der Waals surface area (Å²) in [5.41, 5.74) is -0.0763. The summed E-state index contributed by atoms with van der Waals surface area (Å²) < 4.78 is 26.9. The summed E-state index contributed by atoms with van der Waals surface area (Å²) in [5, 5.41) is 16.2. The standard InChI is InChI=1S/C11H8IN3O4S/c12-9-4-3-7(6-8(9)11(16)17)20(18,19)15-10-2-1-5-13-14-10/h1-6H,(H,14,15)(H,16,17). The topological polar surface area (TPSA) is 109 Å². The van der Waals surface area contributed by atoms with E-state index in [4.69, 9.17) is 5.11 Å². The van der Waals surface area contributed by atoms with Crippen molar-refractivity contribution >= 4 is 44.4 Å². The van der Waals surface area contributed by atoms with Crippen LogP contribution in [0.2, 0.25) is 0 Å². The number of hydrogen-bond acceptors (Lipinski definition) is 5. The van der Waals surface area contributed by atoms with Crippen molar-refractivity contribution in [2.45, 2.75) is 4.90 Å². The van der Waals surface area contributed by atoms with Gasteiger partial charge in [-0.3, -0.25) is 4.72 Å². The molecular formula is C11H8IN3O4S. The van der Waals surface area contributed by atoms with Crippen molar-refractivity contribution < 1.29 is 18.3 Å². The number of carbonyl (C=O) groups is 1. The molecule has 1 heterocycles. The van der Waals surface area contributed by atoms with Gasteiger partial charge in [0, 0.05) is 9.77 Å². The fourth-order valence-electron chi connectivity index (χ4n) is 1.39. The van der Waals surface area contributed by atoms with E-state index in [1.54, 1.807) is 0 Å². The third-order valence-electron chi connectivity index (χ3n) is 2.29. The Bertz CT molecular complexity index is 750. The van der Waals surface area contributed by atoms with Crippen LogP contribution in [0.1, 0.15) is 10.4 Å². The van der Waals surface area contributed by atoms with Gasteiger partial charge in [0.1, 0.15) is 0 Å². The SMILES string of the molecule is O=C(O)c1cc(S(=O)(=O)Nc2cccnn2)ccc1I. The molecule has 0 saturated heterocycles. The van der Waals surface area contributed by atoms with Crippen LogP contribution in [0.5, 0.6) is 0 Å². The lowest BCUT2D eigenvalue weighted by atomic mass is 10.2. The number of nitrogens with zero attached hydrogens (tertiary/aromatic N) is 2. The molecule has 9 heteroatoms. The van der Waals surface area contributed by atoms with Gasteiger partial charge < -0.3 is 5.11 Å². The van der Waals surface area contributed by atoms with Gasteiger partial charge in [-0.1, -0.05) is 0 Å². The first kappa shape index (κ1) is 14.7. The molecule has 20 heavy (non-hydrogen) atoms. The average Bonchev–Trinajstić information content (AvgIpc) is 2.39. The van der Waals surface area contributed by atoms with Crippen LogP contribution in [0, 0.1) is 3.57 Å². The monoisotopic (exact) mass is 405 g/mol. The number of carboxylic acids is 1. The predicted octanol–water partition coefficient (Wildman–Crippen LogP) is 1.58. The number of aromatic carboxylic acids is 1. The predicted molar refractivity (Wildman–Crippen MR) is 79.0 cm³/mol. The molecule has 7 nitrogen and oxygen atoms in total. The van der Waals surface area contributed by atoms with Gasteiger partial charge in [0.05, 0.1) is 10.5 Å². The highest BCUT2D eigenvalue weighted by molar-refractivity contribution is 14.1. The minimum Gasteiger partial charge on any atom is -0.478 e. The molecule has 0 aliphatic heterocycles. The van der Waals surface area contributed by atoms with Crippen molar-refractivity contribution in [3.8, 4) is 0 Å². The zero-order valence-electron chi connectivity index (χ0n) is 9.82. The number of nitrogens with one attached hydrogen (secondary N) is 1. The number of rotatable bonds is 4. The zero-order chi connectivity index (χ0) is 14.8. The van der Waals surface area contributed by atoms with E-state index in [0.717, 1.165) is 6.07 Å². The molecule has 0 amide bonds. The van der Waals surface area contributed by atoms with E-state index in [9.17, 15) is 13.2 Å². The third kappa shape index (κ3) is 3.22. The van der Waals surface area contributed by atoms with Gasteiger partial charge in [0.25, 0.3) is 10.0 Å². The zero-order valence-corrected chi connectivity index (χ0v) is 12.8. The molecule has 2 rings (SSSR count). The Balaban J connectivity index is 2.40. The summed E-state index contributed by atoms with van der Waals surface area (Å²) in [6.07, 6.45) is 1.41. The van der Waals surface area contributed by atoms with Crippen LogP contribution in [0.3, 0.4) is 0 Å². The van der Waals surface area contributed by atoms with Crippen molar-refractivity contribution in [3.63, 3.8) is 0 Å².